The van der Waals surface area contributed by atoms with Crippen molar-refractivity contribution in [3.05, 3.63) is 35.6 Å². The zero-order valence-electron chi connectivity index (χ0n) is 16.6. The number of imidazole rings is 1. The van der Waals surface area contributed by atoms with E-state index in [1.807, 2.05) is 16.5 Å². The maximum atomic E-state index is 11.0. The zero-order valence-corrected chi connectivity index (χ0v) is 18.2. The number of fused-ring (bicyclic) bond motifs is 1. The van der Waals surface area contributed by atoms with Crippen molar-refractivity contribution in [1.82, 2.24) is 19.4 Å². The third-order valence-corrected chi connectivity index (χ3v) is 7.12. The average molecular weight is 415 g/mol. The van der Waals surface area contributed by atoms with Gasteiger partial charge in [-0.05, 0) is 37.0 Å². The summed E-state index contributed by atoms with van der Waals surface area (Å²) in [6, 6.07) is 6.56. The van der Waals surface area contributed by atoms with E-state index in [9.17, 15) is 4.79 Å². The standard InChI is InChI=1S/C21H26N4OS2/c1-21(2,3)19-23-17-12-16(28-20-22-8-11-27-20)4-5-18(17)25(19)13-15-6-9-24(14-26)10-7-15/h4-5,8,11-12,14-15H,6-7,9-10,13H2,1-3H3. The molecule has 3 heterocycles. The highest BCUT2D eigenvalue weighted by Crippen LogP contribution is 2.34. The predicted octanol–water partition coefficient (Wildman–Crippen LogP) is 4.81. The molecule has 0 radical (unpaired) electrons. The third kappa shape index (κ3) is 4.10. The minimum absolute atomic E-state index is 0.0227. The molecule has 1 saturated heterocycles. The maximum Gasteiger partial charge on any atom is 0.209 e. The Balaban J connectivity index is 1.64. The summed E-state index contributed by atoms with van der Waals surface area (Å²) in [7, 11) is 0. The molecule has 0 bridgehead atoms. The van der Waals surface area contributed by atoms with Crippen molar-refractivity contribution in [3.63, 3.8) is 0 Å². The molecule has 5 nitrogen and oxygen atoms in total. The minimum Gasteiger partial charge on any atom is -0.345 e. The summed E-state index contributed by atoms with van der Waals surface area (Å²) >= 11 is 3.35. The highest BCUT2D eigenvalue weighted by molar-refractivity contribution is 8.01. The number of hydrogen-bond acceptors (Lipinski definition) is 5. The van der Waals surface area contributed by atoms with Crippen LogP contribution in [0.4, 0.5) is 0 Å². The van der Waals surface area contributed by atoms with Crippen molar-refractivity contribution in [2.75, 3.05) is 13.1 Å². The Hall–Kier alpha value is -1.86. The Morgan fingerprint density at radius 1 is 1.29 bits per heavy atom. The molecule has 1 aliphatic heterocycles. The van der Waals surface area contributed by atoms with E-state index in [2.05, 4.69) is 48.5 Å². The van der Waals surface area contributed by atoms with E-state index in [4.69, 9.17) is 4.98 Å². The Morgan fingerprint density at radius 2 is 2.07 bits per heavy atom. The van der Waals surface area contributed by atoms with Crippen LogP contribution in [0.3, 0.4) is 0 Å². The molecule has 3 aromatic rings. The van der Waals surface area contributed by atoms with Crippen LogP contribution in [0, 0.1) is 5.92 Å². The second kappa shape index (κ2) is 7.87. The number of rotatable bonds is 5. The highest BCUT2D eigenvalue weighted by atomic mass is 32.2. The first-order chi connectivity index (χ1) is 13.4. The van der Waals surface area contributed by atoms with E-state index in [1.165, 1.54) is 10.4 Å². The van der Waals surface area contributed by atoms with E-state index in [-0.39, 0.29) is 5.41 Å². The molecular formula is C21H26N4OS2. The third-order valence-electron chi connectivity index (χ3n) is 5.24. The topological polar surface area (TPSA) is 51.0 Å². The summed E-state index contributed by atoms with van der Waals surface area (Å²) in [6.07, 6.45) is 4.93. The van der Waals surface area contributed by atoms with Crippen molar-refractivity contribution in [3.8, 4) is 0 Å². The number of aromatic nitrogens is 3. The number of nitrogens with zero attached hydrogens (tertiary/aromatic N) is 4. The molecule has 148 valence electrons. The Morgan fingerprint density at radius 3 is 2.71 bits per heavy atom. The quantitative estimate of drug-likeness (QED) is 0.562. The van der Waals surface area contributed by atoms with Crippen LogP contribution in [0.2, 0.25) is 0 Å². The zero-order chi connectivity index (χ0) is 19.7. The normalized spacial score (nSPS) is 16.0. The molecular weight excluding hydrogens is 388 g/mol. The summed E-state index contributed by atoms with van der Waals surface area (Å²) in [5.74, 6) is 1.72. The summed E-state index contributed by atoms with van der Waals surface area (Å²) in [5, 5.41) is 2.00. The number of carbonyl (C=O) groups excluding carboxylic acids is 1. The second-order valence-electron chi connectivity index (χ2n) is 8.43. The smallest absolute Gasteiger partial charge is 0.209 e. The van der Waals surface area contributed by atoms with Crippen molar-refractivity contribution < 1.29 is 4.79 Å². The van der Waals surface area contributed by atoms with Gasteiger partial charge in [-0.1, -0.05) is 32.5 Å². The fraction of sp³-hybridized carbons (Fsp3) is 0.476. The Bertz CT molecular complexity index is 951. The lowest BCUT2D eigenvalue weighted by molar-refractivity contribution is -0.119. The van der Waals surface area contributed by atoms with Crippen LogP contribution in [0.15, 0.2) is 39.0 Å². The molecule has 0 unspecified atom stereocenters. The van der Waals surface area contributed by atoms with Gasteiger partial charge in [0, 0.05) is 41.5 Å². The highest BCUT2D eigenvalue weighted by Gasteiger charge is 2.26. The summed E-state index contributed by atoms with van der Waals surface area (Å²) < 4.78 is 3.46. The first kappa shape index (κ1) is 19.5. The number of likely N-dealkylation sites (tertiary alicyclic amines) is 1. The minimum atomic E-state index is -0.0227. The molecule has 7 heteroatoms. The van der Waals surface area contributed by atoms with Crippen LogP contribution in [0.5, 0.6) is 0 Å². The van der Waals surface area contributed by atoms with E-state index in [0.29, 0.717) is 5.92 Å². The SMILES string of the molecule is CC(C)(C)c1nc2cc(Sc3nccs3)ccc2n1CC1CCN(C=O)CC1. The largest absolute Gasteiger partial charge is 0.345 e. The summed E-state index contributed by atoms with van der Waals surface area (Å²) in [6.45, 7) is 9.37. The number of thiazole rings is 1. The van der Waals surface area contributed by atoms with Gasteiger partial charge in [-0.3, -0.25) is 4.79 Å². The molecule has 1 aromatic carbocycles. The van der Waals surface area contributed by atoms with Crippen LogP contribution < -0.4 is 0 Å². The van der Waals surface area contributed by atoms with Crippen LogP contribution in [0.25, 0.3) is 11.0 Å². The molecule has 4 rings (SSSR count). The van der Waals surface area contributed by atoms with Crippen molar-refractivity contribution in [1.29, 1.82) is 0 Å². The molecule has 0 atom stereocenters. The number of piperidine rings is 1. The first-order valence-electron chi connectivity index (χ1n) is 9.71. The fourth-order valence-corrected chi connectivity index (χ4v) is 5.42. The van der Waals surface area contributed by atoms with Gasteiger partial charge in [-0.25, -0.2) is 9.97 Å². The molecule has 1 amide bonds. The molecule has 0 aliphatic carbocycles. The predicted molar refractivity (Wildman–Crippen MR) is 115 cm³/mol. The van der Waals surface area contributed by atoms with Gasteiger partial charge in [0.1, 0.15) is 5.82 Å². The van der Waals surface area contributed by atoms with E-state index < -0.39 is 0 Å². The van der Waals surface area contributed by atoms with Gasteiger partial charge in [0.15, 0.2) is 4.34 Å². The van der Waals surface area contributed by atoms with Crippen LogP contribution in [-0.4, -0.2) is 38.9 Å². The van der Waals surface area contributed by atoms with Gasteiger partial charge in [-0.2, -0.15) is 0 Å². The maximum absolute atomic E-state index is 11.0. The first-order valence-corrected chi connectivity index (χ1v) is 11.4. The molecule has 1 fully saturated rings. The van der Waals surface area contributed by atoms with Gasteiger partial charge in [0.2, 0.25) is 6.41 Å². The number of carbonyl (C=O) groups is 1. The Kier molecular flexibility index (Phi) is 5.47. The number of amides is 1. The van der Waals surface area contributed by atoms with Crippen molar-refractivity contribution in [2.24, 2.45) is 5.92 Å². The lowest BCUT2D eigenvalue weighted by Crippen LogP contribution is -2.34. The summed E-state index contributed by atoms with van der Waals surface area (Å²) in [4.78, 5) is 23.5. The van der Waals surface area contributed by atoms with Gasteiger partial charge in [-0.15, -0.1) is 11.3 Å². The average Bonchev–Trinajstić information content (AvgIpc) is 3.30. The van der Waals surface area contributed by atoms with Gasteiger partial charge in [0.05, 0.1) is 11.0 Å². The van der Waals surface area contributed by atoms with Gasteiger partial charge in [0.25, 0.3) is 0 Å². The van der Waals surface area contributed by atoms with E-state index in [0.717, 1.165) is 54.6 Å². The molecule has 0 N–H and O–H groups in total. The van der Waals surface area contributed by atoms with Crippen molar-refractivity contribution >= 4 is 40.5 Å². The van der Waals surface area contributed by atoms with E-state index >= 15 is 0 Å². The van der Waals surface area contributed by atoms with Gasteiger partial charge >= 0.3 is 0 Å². The lowest BCUT2D eigenvalue weighted by Gasteiger charge is -2.31. The van der Waals surface area contributed by atoms with Crippen LogP contribution >= 0.6 is 23.1 Å². The number of benzene rings is 1. The summed E-state index contributed by atoms with van der Waals surface area (Å²) in [5.41, 5.74) is 2.23. The molecule has 0 spiro atoms. The van der Waals surface area contributed by atoms with Crippen LogP contribution in [0.1, 0.15) is 39.4 Å². The fourth-order valence-electron chi connectivity index (χ4n) is 3.79. The van der Waals surface area contributed by atoms with Crippen molar-refractivity contribution in [2.45, 2.75) is 54.8 Å². The lowest BCUT2D eigenvalue weighted by atomic mass is 9.93. The molecule has 2 aromatic heterocycles. The molecule has 1 aliphatic rings. The molecule has 0 saturated carbocycles. The number of hydrogen-bond donors (Lipinski definition) is 0. The molecule has 28 heavy (non-hydrogen) atoms. The van der Waals surface area contributed by atoms with E-state index in [1.54, 1.807) is 23.1 Å². The second-order valence-corrected chi connectivity index (χ2v) is 10.6. The van der Waals surface area contributed by atoms with Crippen LogP contribution in [-0.2, 0) is 16.8 Å². The Labute approximate surface area is 174 Å². The monoisotopic (exact) mass is 414 g/mol. The van der Waals surface area contributed by atoms with Gasteiger partial charge < -0.3 is 9.47 Å².